The molecule has 0 radical (unpaired) electrons. The summed E-state index contributed by atoms with van der Waals surface area (Å²) < 4.78 is 5.36. The molecule has 1 amide bonds. The third-order valence-corrected chi connectivity index (χ3v) is 3.09. The van der Waals surface area contributed by atoms with Crippen molar-refractivity contribution in [2.75, 3.05) is 13.7 Å². The summed E-state index contributed by atoms with van der Waals surface area (Å²) >= 11 is 0. The number of hydrogen-bond acceptors (Lipinski definition) is 3. The van der Waals surface area contributed by atoms with Gasteiger partial charge in [-0.2, -0.15) is 0 Å². The van der Waals surface area contributed by atoms with E-state index in [2.05, 4.69) is 0 Å². The van der Waals surface area contributed by atoms with Gasteiger partial charge in [-0.1, -0.05) is 12.1 Å². The van der Waals surface area contributed by atoms with Crippen LogP contribution in [0, 0.1) is 6.92 Å². The van der Waals surface area contributed by atoms with Gasteiger partial charge in [0.1, 0.15) is 11.3 Å². The van der Waals surface area contributed by atoms with E-state index in [0.717, 1.165) is 5.56 Å². The molecule has 0 aromatic heterocycles. The van der Waals surface area contributed by atoms with Crippen molar-refractivity contribution in [1.29, 1.82) is 0 Å². The smallest absolute Gasteiger partial charge is 0.329 e. The molecule has 0 fully saturated rings. The van der Waals surface area contributed by atoms with Gasteiger partial charge < -0.3 is 14.7 Å². The van der Waals surface area contributed by atoms with Gasteiger partial charge >= 0.3 is 5.97 Å². The quantitative estimate of drug-likeness (QED) is 0.879. The summed E-state index contributed by atoms with van der Waals surface area (Å²) in [6.07, 6.45) is 0. The zero-order valence-electron chi connectivity index (χ0n) is 11.6. The topological polar surface area (TPSA) is 66.8 Å². The first-order valence-corrected chi connectivity index (χ1v) is 5.94. The highest BCUT2D eigenvalue weighted by atomic mass is 16.5. The number of nitrogens with zero attached hydrogens (tertiary/aromatic N) is 1. The van der Waals surface area contributed by atoms with Crippen LogP contribution < -0.4 is 4.74 Å². The van der Waals surface area contributed by atoms with E-state index in [1.165, 1.54) is 25.8 Å². The van der Waals surface area contributed by atoms with Gasteiger partial charge in [-0.3, -0.25) is 4.79 Å². The van der Waals surface area contributed by atoms with Crippen LogP contribution in [0.25, 0.3) is 0 Å². The van der Waals surface area contributed by atoms with Gasteiger partial charge in [0, 0.05) is 7.05 Å². The summed E-state index contributed by atoms with van der Waals surface area (Å²) in [4.78, 5) is 24.1. The third kappa shape index (κ3) is 3.71. The molecule has 19 heavy (non-hydrogen) atoms. The van der Waals surface area contributed by atoms with E-state index in [9.17, 15) is 9.59 Å². The molecule has 0 spiro atoms. The highest BCUT2D eigenvalue weighted by Crippen LogP contribution is 2.15. The number of aryl methyl sites for hydroxylation is 1. The van der Waals surface area contributed by atoms with Crippen molar-refractivity contribution in [2.45, 2.75) is 26.3 Å². The lowest BCUT2D eigenvalue weighted by molar-refractivity contribution is -0.156. The van der Waals surface area contributed by atoms with Crippen LogP contribution in [0.15, 0.2) is 24.3 Å². The Morgan fingerprint density at radius 2 is 2.00 bits per heavy atom. The molecule has 1 aromatic carbocycles. The molecular formula is C14H19NO4. The summed E-state index contributed by atoms with van der Waals surface area (Å²) in [7, 11) is 1.45. The van der Waals surface area contributed by atoms with Gasteiger partial charge in [0.05, 0.1) is 0 Å². The Hall–Kier alpha value is -2.04. The maximum atomic E-state index is 11.9. The predicted molar refractivity (Wildman–Crippen MR) is 71.2 cm³/mol. The van der Waals surface area contributed by atoms with Gasteiger partial charge in [0.15, 0.2) is 6.61 Å². The Morgan fingerprint density at radius 3 is 2.53 bits per heavy atom. The van der Waals surface area contributed by atoms with E-state index in [0.29, 0.717) is 5.75 Å². The number of amides is 1. The molecule has 5 heteroatoms. The van der Waals surface area contributed by atoms with Crippen molar-refractivity contribution in [1.82, 2.24) is 4.90 Å². The second kappa shape index (κ2) is 5.73. The minimum atomic E-state index is -1.26. The first-order valence-electron chi connectivity index (χ1n) is 5.94. The number of hydrogen-bond donors (Lipinski definition) is 1. The van der Waals surface area contributed by atoms with Gasteiger partial charge in [0.25, 0.3) is 5.91 Å². The molecule has 0 atom stereocenters. The van der Waals surface area contributed by atoms with Crippen LogP contribution in [0.5, 0.6) is 5.75 Å². The molecule has 0 aliphatic rings. The first kappa shape index (κ1) is 15.0. The molecule has 5 nitrogen and oxygen atoms in total. The highest BCUT2D eigenvalue weighted by Gasteiger charge is 2.35. The SMILES string of the molecule is Cc1cccc(OCC(=O)N(C)C(C)(C)C(=O)O)c1. The molecule has 104 valence electrons. The van der Waals surface area contributed by atoms with Gasteiger partial charge in [0.2, 0.25) is 0 Å². The van der Waals surface area contributed by atoms with Crippen LogP contribution in [-0.2, 0) is 9.59 Å². The van der Waals surface area contributed by atoms with E-state index < -0.39 is 11.5 Å². The molecule has 0 saturated heterocycles. The summed E-state index contributed by atoms with van der Waals surface area (Å²) in [5.41, 5.74) is -0.225. The number of carboxylic acids is 1. The second-order valence-corrected chi connectivity index (χ2v) is 4.92. The van der Waals surface area contributed by atoms with Crippen LogP contribution in [0.1, 0.15) is 19.4 Å². The average molecular weight is 265 g/mol. The normalized spacial score (nSPS) is 10.9. The van der Waals surface area contributed by atoms with Crippen LogP contribution >= 0.6 is 0 Å². The predicted octanol–water partition coefficient (Wildman–Crippen LogP) is 1.70. The van der Waals surface area contributed by atoms with Crippen molar-refractivity contribution in [3.05, 3.63) is 29.8 Å². The van der Waals surface area contributed by atoms with Gasteiger partial charge in [-0.15, -0.1) is 0 Å². The summed E-state index contributed by atoms with van der Waals surface area (Å²) in [5.74, 6) is -0.845. The number of carbonyl (C=O) groups excluding carboxylic acids is 1. The summed E-state index contributed by atoms with van der Waals surface area (Å²) in [6, 6.07) is 7.33. The van der Waals surface area contributed by atoms with Crippen molar-refractivity contribution in [2.24, 2.45) is 0 Å². The Balaban J connectivity index is 2.63. The van der Waals surface area contributed by atoms with Crippen LogP contribution in [-0.4, -0.2) is 41.1 Å². The van der Waals surface area contributed by atoms with Crippen LogP contribution in [0.4, 0.5) is 0 Å². The van der Waals surface area contributed by atoms with Gasteiger partial charge in [-0.25, -0.2) is 4.79 Å². The van der Waals surface area contributed by atoms with Crippen LogP contribution in [0.3, 0.4) is 0 Å². The molecule has 1 N–H and O–H groups in total. The molecule has 1 aromatic rings. The number of rotatable bonds is 5. The molecular weight excluding hydrogens is 246 g/mol. The molecule has 0 heterocycles. The van der Waals surface area contributed by atoms with E-state index in [-0.39, 0.29) is 12.5 Å². The molecule has 1 rings (SSSR count). The fraction of sp³-hybridized carbons (Fsp3) is 0.429. The lowest BCUT2D eigenvalue weighted by Gasteiger charge is -2.31. The molecule has 0 unspecified atom stereocenters. The van der Waals surface area contributed by atoms with E-state index in [1.807, 2.05) is 25.1 Å². The minimum Gasteiger partial charge on any atom is -0.484 e. The van der Waals surface area contributed by atoms with Crippen molar-refractivity contribution in [3.8, 4) is 5.75 Å². The average Bonchev–Trinajstić information content (AvgIpc) is 2.34. The Morgan fingerprint density at radius 1 is 1.37 bits per heavy atom. The Labute approximate surface area is 112 Å². The lowest BCUT2D eigenvalue weighted by Crippen LogP contribution is -2.52. The van der Waals surface area contributed by atoms with Crippen molar-refractivity contribution >= 4 is 11.9 Å². The number of likely N-dealkylation sites (N-methyl/N-ethyl adjacent to an activating group) is 1. The fourth-order valence-corrected chi connectivity index (χ4v) is 1.40. The maximum absolute atomic E-state index is 11.9. The molecule has 0 bridgehead atoms. The van der Waals surface area contributed by atoms with E-state index in [1.54, 1.807) is 6.07 Å². The number of benzene rings is 1. The maximum Gasteiger partial charge on any atom is 0.329 e. The van der Waals surface area contributed by atoms with Crippen molar-refractivity contribution in [3.63, 3.8) is 0 Å². The summed E-state index contributed by atoms with van der Waals surface area (Å²) in [5, 5.41) is 9.05. The Kier molecular flexibility index (Phi) is 4.53. The first-order chi connectivity index (χ1) is 8.75. The fourth-order valence-electron chi connectivity index (χ4n) is 1.40. The highest BCUT2D eigenvalue weighted by molar-refractivity contribution is 5.86. The van der Waals surface area contributed by atoms with E-state index >= 15 is 0 Å². The largest absolute Gasteiger partial charge is 0.484 e. The van der Waals surface area contributed by atoms with Gasteiger partial charge in [-0.05, 0) is 38.5 Å². The van der Waals surface area contributed by atoms with Crippen molar-refractivity contribution < 1.29 is 19.4 Å². The lowest BCUT2D eigenvalue weighted by atomic mass is 10.0. The van der Waals surface area contributed by atoms with E-state index in [4.69, 9.17) is 9.84 Å². The number of aliphatic carboxylic acids is 1. The third-order valence-electron chi connectivity index (χ3n) is 3.09. The summed E-state index contributed by atoms with van der Waals surface area (Å²) in [6.45, 7) is 4.69. The number of ether oxygens (including phenoxy) is 1. The molecule has 0 aliphatic heterocycles. The number of carboxylic acid groups (broad SMARTS) is 1. The number of carbonyl (C=O) groups is 2. The Bertz CT molecular complexity index is 482. The standard InChI is InChI=1S/C14H19NO4/c1-10-6-5-7-11(8-10)19-9-12(16)15(4)14(2,3)13(17)18/h5-8H,9H2,1-4H3,(H,17,18). The zero-order chi connectivity index (χ0) is 14.6. The minimum absolute atomic E-state index is 0.184. The monoisotopic (exact) mass is 265 g/mol. The molecule has 0 aliphatic carbocycles. The van der Waals surface area contributed by atoms with Crippen LogP contribution in [0.2, 0.25) is 0 Å². The zero-order valence-corrected chi connectivity index (χ0v) is 11.6. The molecule has 0 saturated carbocycles. The second-order valence-electron chi connectivity index (χ2n) is 4.92.